The highest BCUT2D eigenvalue weighted by atomic mass is 15.0. The molecule has 0 amide bonds. The molecule has 4 aromatic rings. The van der Waals surface area contributed by atoms with Crippen LogP contribution in [0.25, 0.3) is 27.5 Å². The van der Waals surface area contributed by atoms with E-state index in [0.29, 0.717) is 0 Å². The van der Waals surface area contributed by atoms with Gasteiger partial charge in [0.1, 0.15) is 7.85 Å². The van der Waals surface area contributed by atoms with Crippen molar-refractivity contribution >= 4 is 35.1 Å². The van der Waals surface area contributed by atoms with Crippen LogP contribution in [0.2, 0.25) is 0 Å². The van der Waals surface area contributed by atoms with Crippen LogP contribution in [0.5, 0.6) is 0 Å². The third kappa shape index (κ3) is 1.51. The van der Waals surface area contributed by atoms with Crippen molar-refractivity contribution in [3.8, 4) is 5.69 Å². The van der Waals surface area contributed by atoms with Gasteiger partial charge in [-0.1, -0.05) is 54.0 Å². The number of para-hydroxylation sites is 2. The van der Waals surface area contributed by atoms with Gasteiger partial charge in [0, 0.05) is 16.5 Å². The fourth-order valence-electron chi connectivity index (χ4n) is 2.90. The van der Waals surface area contributed by atoms with Crippen LogP contribution < -0.4 is 5.46 Å². The van der Waals surface area contributed by atoms with Gasteiger partial charge in [0.25, 0.3) is 0 Å². The van der Waals surface area contributed by atoms with Crippen LogP contribution in [0.15, 0.2) is 72.8 Å². The molecule has 0 aliphatic rings. The van der Waals surface area contributed by atoms with Crippen molar-refractivity contribution in [3.63, 3.8) is 0 Å². The number of nitrogens with zero attached hydrogens (tertiary/aromatic N) is 1. The van der Waals surface area contributed by atoms with Gasteiger partial charge in [-0.15, -0.1) is 0 Å². The van der Waals surface area contributed by atoms with E-state index in [9.17, 15) is 0 Å². The minimum Gasteiger partial charge on any atom is -0.309 e. The average Bonchev–Trinajstić information content (AvgIpc) is 2.84. The molecule has 0 N–H and O–H groups in total. The summed E-state index contributed by atoms with van der Waals surface area (Å²) in [4.78, 5) is 0. The topological polar surface area (TPSA) is 4.93 Å². The minimum atomic E-state index is 0.827. The molecule has 0 atom stereocenters. The highest BCUT2D eigenvalue weighted by molar-refractivity contribution is 6.41. The maximum absolute atomic E-state index is 6.20. The Kier molecular flexibility index (Phi) is 2.43. The number of aromatic nitrogens is 1. The van der Waals surface area contributed by atoms with Crippen molar-refractivity contribution in [2.75, 3.05) is 0 Å². The lowest BCUT2D eigenvalue weighted by atomic mass is 9.91. The van der Waals surface area contributed by atoms with E-state index in [2.05, 4.69) is 59.2 Å². The Bertz CT molecular complexity index is 907. The molecule has 20 heavy (non-hydrogen) atoms. The predicted octanol–water partition coefficient (Wildman–Crippen LogP) is 3.58. The van der Waals surface area contributed by atoms with Crippen LogP contribution >= 0.6 is 0 Å². The number of hydrogen-bond acceptors (Lipinski definition) is 0. The Morgan fingerprint density at radius 2 is 1.35 bits per heavy atom. The van der Waals surface area contributed by atoms with Gasteiger partial charge in [-0.3, -0.25) is 0 Å². The van der Waals surface area contributed by atoms with E-state index in [1.807, 2.05) is 18.2 Å². The van der Waals surface area contributed by atoms with E-state index in [1.54, 1.807) is 0 Å². The first-order chi connectivity index (χ1) is 9.86. The summed E-state index contributed by atoms with van der Waals surface area (Å²) in [6, 6.07) is 24.9. The maximum Gasteiger partial charge on any atom is 0.114 e. The van der Waals surface area contributed by atoms with Gasteiger partial charge >= 0.3 is 0 Å². The smallest absolute Gasteiger partial charge is 0.114 e. The Balaban J connectivity index is 2.26. The minimum absolute atomic E-state index is 0.827. The van der Waals surface area contributed by atoms with Crippen LogP contribution in [0, 0.1) is 0 Å². The zero-order valence-electron chi connectivity index (χ0n) is 11.0. The van der Waals surface area contributed by atoms with E-state index < -0.39 is 0 Å². The lowest BCUT2D eigenvalue weighted by Crippen LogP contribution is -2.02. The molecule has 2 radical (unpaired) electrons. The molecule has 1 aromatic heterocycles. The van der Waals surface area contributed by atoms with Gasteiger partial charge in [0.05, 0.1) is 11.0 Å². The zero-order chi connectivity index (χ0) is 13.5. The Labute approximate surface area is 118 Å². The number of hydrogen-bond donors (Lipinski definition) is 0. The van der Waals surface area contributed by atoms with Crippen LogP contribution in [0.3, 0.4) is 0 Å². The van der Waals surface area contributed by atoms with Crippen molar-refractivity contribution < 1.29 is 0 Å². The van der Waals surface area contributed by atoms with Gasteiger partial charge in [0.2, 0.25) is 0 Å². The summed E-state index contributed by atoms with van der Waals surface area (Å²) >= 11 is 0. The largest absolute Gasteiger partial charge is 0.309 e. The molecule has 0 spiro atoms. The summed E-state index contributed by atoms with van der Waals surface area (Å²) < 4.78 is 2.26. The first kappa shape index (κ1) is 11.4. The lowest BCUT2D eigenvalue weighted by molar-refractivity contribution is 1.18. The van der Waals surface area contributed by atoms with E-state index in [4.69, 9.17) is 7.85 Å². The molecule has 0 unspecified atom stereocenters. The van der Waals surface area contributed by atoms with Crippen molar-refractivity contribution in [1.29, 1.82) is 0 Å². The predicted molar refractivity (Wildman–Crippen MR) is 86.2 cm³/mol. The van der Waals surface area contributed by atoms with Crippen molar-refractivity contribution in [2.45, 2.75) is 0 Å². The van der Waals surface area contributed by atoms with Gasteiger partial charge in [-0.2, -0.15) is 0 Å². The standard InChI is InChI=1S/C18H12BN/c19-15-10-6-12-17-18(15)14-9-4-5-11-16(14)20(17)13-7-2-1-3-8-13/h1-12H. The molecule has 0 aliphatic heterocycles. The van der Waals surface area contributed by atoms with E-state index in [0.717, 1.165) is 22.1 Å². The highest BCUT2D eigenvalue weighted by Crippen LogP contribution is 2.30. The molecule has 92 valence electrons. The fraction of sp³-hybridized carbons (Fsp3) is 0. The number of fused-ring (bicyclic) bond motifs is 3. The third-order valence-electron chi connectivity index (χ3n) is 3.74. The normalized spacial score (nSPS) is 11.2. The van der Waals surface area contributed by atoms with Crippen LogP contribution in [0.4, 0.5) is 0 Å². The summed E-state index contributed by atoms with van der Waals surface area (Å²) in [5, 5.41) is 2.33. The maximum atomic E-state index is 6.20. The Hall–Kier alpha value is -2.48. The molecular weight excluding hydrogens is 241 g/mol. The molecule has 1 nitrogen and oxygen atoms in total. The van der Waals surface area contributed by atoms with E-state index >= 15 is 0 Å². The second-order valence-corrected chi connectivity index (χ2v) is 4.93. The zero-order valence-corrected chi connectivity index (χ0v) is 11.0. The third-order valence-corrected chi connectivity index (χ3v) is 3.74. The SMILES string of the molecule is [B]c1cccc2c1c1ccccc1n2-c1ccccc1. The molecule has 0 saturated carbocycles. The average molecular weight is 253 g/mol. The molecule has 3 aromatic carbocycles. The first-order valence-corrected chi connectivity index (χ1v) is 6.69. The summed E-state index contributed by atoms with van der Waals surface area (Å²) in [5.41, 5.74) is 4.32. The van der Waals surface area contributed by atoms with Crippen LogP contribution in [0.1, 0.15) is 0 Å². The molecule has 0 aliphatic carbocycles. The van der Waals surface area contributed by atoms with Gasteiger partial charge in [-0.25, -0.2) is 0 Å². The van der Waals surface area contributed by atoms with Gasteiger partial charge in [-0.05, 0) is 24.3 Å². The van der Waals surface area contributed by atoms with Crippen LogP contribution in [-0.4, -0.2) is 12.4 Å². The lowest BCUT2D eigenvalue weighted by Gasteiger charge is -2.07. The summed E-state index contributed by atoms with van der Waals surface area (Å²) in [7, 11) is 6.20. The Morgan fingerprint density at radius 1 is 0.650 bits per heavy atom. The Morgan fingerprint density at radius 3 is 2.20 bits per heavy atom. The first-order valence-electron chi connectivity index (χ1n) is 6.69. The number of rotatable bonds is 1. The molecule has 0 saturated heterocycles. The fourth-order valence-corrected chi connectivity index (χ4v) is 2.90. The monoisotopic (exact) mass is 253 g/mol. The summed E-state index contributed by atoms with van der Waals surface area (Å²) in [6.07, 6.45) is 0. The molecule has 0 fully saturated rings. The molecule has 4 rings (SSSR count). The molecule has 0 bridgehead atoms. The number of benzene rings is 3. The molecular formula is C18H12BN. The second kappa shape index (κ2) is 4.27. The van der Waals surface area contributed by atoms with E-state index in [1.165, 1.54) is 10.9 Å². The molecule has 1 heterocycles. The second-order valence-electron chi connectivity index (χ2n) is 4.93. The molecule has 2 heteroatoms. The van der Waals surface area contributed by atoms with Crippen molar-refractivity contribution in [3.05, 3.63) is 72.8 Å². The summed E-state index contributed by atoms with van der Waals surface area (Å²) in [6.45, 7) is 0. The van der Waals surface area contributed by atoms with Crippen molar-refractivity contribution in [1.82, 2.24) is 4.57 Å². The highest BCUT2D eigenvalue weighted by Gasteiger charge is 2.12. The summed E-state index contributed by atoms with van der Waals surface area (Å²) in [5.74, 6) is 0. The quantitative estimate of drug-likeness (QED) is 0.457. The van der Waals surface area contributed by atoms with Crippen molar-refractivity contribution in [2.24, 2.45) is 0 Å². The van der Waals surface area contributed by atoms with Gasteiger partial charge in [0.15, 0.2) is 0 Å². The van der Waals surface area contributed by atoms with Crippen LogP contribution in [-0.2, 0) is 0 Å². The van der Waals surface area contributed by atoms with Gasteiger partial charge < -0.3 is 4.57 Å². The van der Waals surface area contributed by atoms with E-state index in [-0.39, 0.29) is 0 Å².